The summed E-state index contributed by atoms with van der Waals surface area (Å²) in [4.78, 5) is 11.3. The molecule has 0 radical (unpaired) electrons. The van der Waals surface area contributed by atoms with E-state index in [0.717, 1.165) is 28.4 Å². The van der Waals surface area contributed by atoms with Crippen LogP contribution in [0.3, 0.4) is 0 Å². The number of aliphatic imine (C=N–C) groups is 2. The van der Waals surface area contributed by atoms with Gasteiger partial charge in [0.2, 0.25) is 0 Å². The van der Waals surface area contributed by atoms with Gasteiger partial charge in [0.05, 0.1) is 5.69 Å². The van der Waals surface area contributed by atoms with Crippen molar-refractivity contribution in [1.29, 1.82) is 0 Å². The first-order valence-corrected chi connectivity index (χ1v) is 14.7. The van der Waals surface area contributed by atoms with E-state index in [-0.39, 0.29) is 11.5 Å². The van der Waals surface area contributed by atoms with Crippen LogP contribution in [-0.4, -0.2) is 11.7 Å². The van der Waals surface area contributed by atoms with Crippen molar-refractivity contribution in [1.82, 2.24) is 5.32 Å². The van der Waals surface area contributed by atoms with Crippen LogP contribution in [0.4, 0.5) is 5.69 Å². The molecule has 0 aliphatic carbocycles. The predicted molar refractivity (Wildman–Crippen MR) is 172 cm³/mol. The Morgan fingerprint density at radius 3 is 2.05 bits per heavy atom. The lowest BCUT2D eigenvalue weighted by Crippen LogP contribution is -2.33. The van der Waals surface area contributed by atoms with Crippen molar-refractivity contribution in [3.05, 3.63) is 156 Å². The number of benzene rings is 6. The molecule has 2 heterocycles. The van der Waals surface area contributed by atoms with Crippen LogP contribution in [0.2, 0.25) is 0 Å². The third-order valence-electron chi connectivity index (χ3n) is 7.75. The van der Waals surface area contributed by atoms with Crippen LogP contribution in [0.25, 0.3) is 21.5 Å². The van der Waals surface area contributed by atoms with Crippen molar-refractivity contribution in [2.45, 2.75) is 16.4 Å². The minimum Gasteiger partial charge on any atom is -0.368 e. The van der Waals surface area contributed by atoms with Crippen LogP contribution in [-0.2, 0) is 0 Å². The summed E-state index contributed by atoms with van der Waals surface area (Å²) < 4.78 is 0. The molecule has 0 amide bonds. The number of anilines is 1. The SMILES string of the molecule is c1ccc(C2=NC(c3ccccc3)NC(c3ccc4c(ccc5ccc6c(c54)NC(c4ccccc4)S6)c3)=N2)cc1. The summed E-state index contributed by atoms with van der Waals surface area (Å²) in [5.41, 5.74) is 5.65. The van der Waals surface area contributed by atoms with Gasteiger partial charge >= 0.3 is 0 Å². The molecule has 2 atom stereocenters. The van der Waals surface area contributed by atoms with Crippen LogP contribution in [0.1, 0.15) is 33.8 Å². The van der Waals surface area contributed by atoms with Crippen molar-refractivity contribution in [3.8, 4) is 0 Å². The van der Waals surface area contributed by atoms with Gasteiger partial charge in [0.1, 0.15) is 17.4 Å². The first-order chi connectivity index (χ1) is 20.3. The summed E-state index contributed by atoms with van der Waals surface area (Å²) in [5.74, 6) is 1.56. The third kappa shape index (κ3) is 4.35. The molecule has 6 aromatic rings. The lowest BCUT2D eigenvalue weighted by atomic mass is 9.98. The fourth-order valence-electron chi connectivity index (χ4n) is 5.71. The summed E-state index contributed by atoms with van der Waals surface area (Å²) in [7, 11) is 0. The second-order valence-electron chi connectivity index (χ2n) is 10.3. The topological polar surface area (TPSA) is 48.8 Å². The van der Waals surface area contributed by atoms with Gasteiger partial charge < -0.3 is 10.6 Å². The standard InChI is InChI=1S/C36H26N4S/c1-4-10-24(11-5-1)33-38-34(25-12-6-2-7-13-25)40-35(39-33)28-18-20-29-27(22-28)17-16-23-19-21-30-32(31(23)29)37-36(41-30)26-14-8-3-9-15-26/h1-22,33,36-37H,(H,38,39,40). The van der Waals surface area contributed by atoms with Crippen molar-refractivity contribution in [2.75, 3.05) is 5.32 Å². The van der Waals surface area contributed by atoms with Crippen molar-refractivity contribution in [2.24, 2.45) is 9.98 Å². The normalized spacial score (nSPS) is 17.9. The van der Waals surface area contributed by atoms with E-state index in [9.17, 15) is 0 Å². The molecule has 2 aliphatic heterocycles. The van der Waals surface area contributed by atoms with Gasteiger partial charge in [-0.25, -0.2) is 9.98 Å². The maximum atomic E-state index is 5.01. The van der Waals surface area contributed by atoms with E-state index in [1.54, 1.807) is 0 Å². The van der Waals surface area contributed by atoms with Gasteiger partial charge in [-0.1, -0.05) is 133 Å². The van der Waals surface area contributed by atoms with Gasteiger partial charge in [0.25, 0.3) is 0 Å². The molecule has 0 aromatic heterocycles. The molecule has 4 nitrogen and oxygen atoms in total. The summed E-state index contributed by atoms with van der Waals surface area (Å²) in [6, 6.07) is 46.8. The molecule has 0 saturated carbocycles. The molecular weight excluding hydrogens is 520 g/mol. The zero-order chi connectivity index (χ0) is 27.2. The number of thioether (sulfide) groups is 1. The molecule has 0 saturated heterocycles. The number of nitrogens with zero attached hydrogens (tertiary/aromatic N) is 2. The fourth-order valence-corrected chi connectivity index (χ4v) is 6.86. The highest BCUT2D eigenvalue weighted by atomic mass is 32.2. The monoisotopic (exact) mass is 546 g/mol. The molecule has 2 aliphatic rings. The highest BCUT2D eigenvalue weighted by Crippen LogP contribution is 2.50. The van der Waals surface area contributed by atoms with Gasteiger partial charge in [0.15, 0.2) is 5.84 Å². The van der Waals surface area contributed by atoms with E-state index in [4.69, 9.17) is 9.98 Å². The molecule has 0 fully saturated rings. The second-order valence-corrected chi connectivity index (χ2v) is 11.5. The maximum absolute atomic E-state index is 5.01. The smallest absolute Gasteiger partial charge is 0.159 e. The molecule has 2 unspecified atom stereocenters. The molecule has 6 aromatic carbocycles. The van der Waals surface area contributed by atoms with E-state index in [2.05, 4.69) is 108 Å². The molecule has 41 heavy (non-hydrogen) atoms. The number of hydrogen-bond acceptors (Lipinski definition) is 5. The van der Waals surface area contributed by atoms with Crippen molar-refractivity contribution >= 4 is 50.7 Å². The first kappa shape index (κ1) is 24.0. The Balaban J connectivity index is 1.21. The quantitative estimate of drug-likeness (QED) is 0.217. The van der Waals surface area contributed by atoms with Crippen LogP contribution >= 0.6 is 11.8 Å². The van der Waals surface area contributed by atoms with E-state index in [1.165, 1.54) is 37.7 Å². The lowest BCUT2D eigenvalue weighted by Gasteiger charge is -2.24. The van der Waals surface area contributed by atoms with E-state index in [0.29, 0.717) is 0 Å². The third-order valence-corrected chi connectivity index (χ3v) is 8.97. The molecule has 0 bridgehead atoms. The Hall–Kier alpha value is -4.87. The highest BCUT2D eigenvalue weighted by Gasteiger charge is 2.26. The first-order valence-electron chi connectivity index (χ1n) is 13.8. The Bertz CT molecular complexity index is 1970. The fraction of sp³-hybridized carbons (Fsp3) is 0.0556. The van der Waals surface area contributed by atoms with Crippen molar-refractivity contribution in [3.63, 3.8) is 0 Å². The summed E-state index contributed by atoms with van der Waals surface area (Å²) in [5, 5.41) is 12.6. The average molecular weight is 547 g/mol. The van der Waals surface area contributed by atoms with Gasteiger partial charge in [-0.15, -0.1) is 0 Å². The van der Waals surface area contributed by atoms with Crippen LogP contribution in [0.5, 0.6) is 0 Å². The average Bonchev–Trinajstić information content (AvgIpc) is 3.50. The largest absolute Gasteiger partial charge is 0.368 e. The summed E-state index contributed by atoms with van der Waals surface area (Å²) in [6.07, 6.45) is -0.217. The number of rotatable bonds is 4. The van der Waals surface area contributed by atoms with Gasteiger partial charge in [-0.05, 0) is 39.4 Å². The van der Waals surface area contributed by atoms with E-state index >= 15 is 0 Å². The predicted octanol–water partition coefficient (Wildman–Crippen LogP) is 8.70. The molecule has 8 rings (SSSR count). The molecule has 2 N–H and O–H groups in total. The molecular formula is C36H26N4S. The minimum absolute atomic E-state index is 0.206. The molecule has 5 heteroatoms. The minimum atomic E-state index is -0.217. The highest BCUT2D eigenvalue weighted by molar-refractivity contribution is 8.00. The van der Waals surface area contributed by atoms with Gasteiger partial charge in [-0.2, -0.15) is 0 Å². The van der Waals surface area contributed by atoms with E-state index < -0.39 is 0 Å². The van der Waals surface area contributed by atoms with Gasteiger partial charge in [0, 0.05) is 21.4 Å². The lowest BCUT2D eigenvalue weighted by molar-refractivity contribution is 0.674. The number of amidine groups is 2. The van der Waals surface area contributed by atoms with Crippen molar-refractivity contribution < 1.29 is 0 Å². The second kappa shape index (κ2) is 9.95. The molecule has 0 spiro atoms. The van der Waals surface area contributed by atoms with Crippen LogP contribution in [0.15, 0.2) is 148 Å². The summed E-state index contributed by atoms with van der Waals surface area (Å²) in [6.45, 7) is 0. The molecule has 196 valence electrons. The van der Waals surface area contributed by atoms with Crippen LogP contribution < -0.4 is 10.6 Å². The number of nitrogens with one attached hydrogen (secondary N) is 2. The number of hydrogen-bond donors (Lipinski definition) is 2. The van der Waals surface area contributed by atoms with E-state index in [1.807, 2.05) is 48.2 Å². The zero-order valence-electron chi connectivity index (χ0n) is 22.2. The zero-order valence-corrected chi connectivity index (χ0v) is 23.0. The van der Waals surface area contributed by atoms with Crippen LogP contribution in [0, 0.1) is 0 Å². The summed E-state index contributed by atoms with van der Waals surface area (Å²) >= 11 is 1.88. The Labute approximate surface area is 242 Å². The maximum Gasteiger partial charge on any atom is 0.159 e. The Morgan fingerprint density at radius 2 is 1.27 bits per heavy atom. The Kier molecular flexibility index (Phi) is 5.82. The van der Waals surface area contributed by atoms with Gasteiger partial charge in [-0.3, -0.25) is 0 Å². The number of fused-ring (bicyclic) bond motifs is 5. The Morgan fingerprint density at radius 1 is 0.585 bits per heavy atom.